The summed E-state index contributed by atoms with van der Waals surface area (Å²) in [5, 5.41) is 7.71. The Morgan fingerprint density at radius 3 is 2.62 bits per heavy atom. The number of rotatable bonds is 9. The number of aromatic nitrogens is 2. The molecule has 1 N–H and O–H groups in total. The molecule has 7 heteroatoms. The van der Waals surface area contributed by atoms with E-state index in [9.17, 15) is 4.79 Å². The van der Waals surface area contributed by atoms with E-state index < -0.39 is 0 Å². The van der Waals surface area contributed by atoms with Crippen molar-refractivity contribution in [2.45, 2.75) is 38.7 Å². The van der Waals surface area contributed by atoms with Gasteiger partial charge in [0.2, 0.25) is 11.8 Å². The fourth-order valence-corrected chi connectivity index (χ4v) is 3.79. The maximum Gasteiger partial charge on any atom is 0.226 e. The minimum Gasteiger partial charge on any atom is -0.497 e. The molecule has 4 rings (SSSR count). The van der Waals surface area contributed by atoms with Crippen LogP contribution in [-0.2, 0) is 16.0 Å². The summed E-state index contributed by atoms with van der Waals surface area (Å²) in [6.45, 7) is 3.29. The number of hydrogen-bond donors (Lipinski definition) is 1. The number of para-hydroxylation sites is 1. The van der Waals surface area contributed by atoms with Crippen molar-refractivity contribution in [2.75, 3.05) is 20.3 Å². The third-order valence-corrected chi connectivity index (χ3v) is 5.56. The van der Waals surface area contributed by atoms with Gasteiger partial charge in [-0.2, -0.15) is 5.10 Å². The monoisotopic (exact) mass is 435 g/mol. The lowest BCUT2D eigenvalue weighted by Gasteiger charge is -2.13. The van der Waals surface area contributed by atoms with Crippen LogP contribution >= 0.6 is 0 Å². The van der Waals surface area contributed by atoms with Crippen LogP contribution in [0.2, 0.25) is 0 Å². The predicted molar refractivity (Wildman–Crippen MR) is 122 cm³/mol. The Morgan fingerprint density at radius 2 is 1.94 bits per heavy atom. The predicted octanol–water partition coefficient (Wildman–Crippen LogP) is 4.21. The molecule has 0 radical (unpaired) electrons. The largest absolute Gasteiger partial charge is 0.497 e. The molecule has 0 spiro atoms. The van der Waals surface area contributed by atoms with Crippen molar-refractivity contribution in [1.82, 2.24) is 15.1 Å². The smallest absolute Gasteiger partial charge is 0.226 e. The highest BCUT2D eigenvalue weighted by molar-refractivity contribution is 5.76. The fraction of sp³-hybridized carbons (Fsp3) is 0.360. The number of aryl methyl sites for hydroxylation is 1. The lowest BCUT2D eigenvalue weighted by molar-refractivity contribution is -0.121. The van der Waals surface area contributed by atoms with Crippen LogP contribution in [0.4, 0.5) is 0 Å². The molecule has 32 heavy (non-hydrogen) atoms. The molecule has 2 aromatic carbocycles. The van der Waals surface area contributed by atoms with Gasteiger partial charge in [-0.1, -0.05) is 18.2 Å². The second-order valence-electron chi connectivity index (χ2n) is 7.83. The highest BCUT2D eigenvalue weighted by atomic mass is 16.5. The van der Waals surface area contributed by atoms with E-state index in [1.807, 2.05) is 61.5 Å². The SMILES string of the molecule is COc1ccc(-n2nc(C)c(CCC(=O)NC[C@H]3CCCO3)c2Oc2ccccc2)cc1. The molecule has 7 nitrogen and oxygen atoms in total. The van der Waals surface area contributed by atoms with Crippen LogP contribution in [0.3, 0.4) is 0 Å². The Morgan fingerprint density at radius 1 is 1.16 bits per heavy atom. The van der Waals surface area contributed by atoms with Crippen molar-refractivity contribution in [3.63, 3.8) is 0 Å². The Kier molecular flexibility index (Phi) is 7.07. The van der Waals surface area contributed by atoms with Crippen molar-refractivity contribution < 1.29 is 19.0 Å². The maximum atomic E-state index is 12.5. The molecule has 1 amide bonds. The van der Waals surface area contributed by atoms with Crippen LogP contribution in [0.5, 0.6) is 17.4 Å². The van der Waals surface area contributed by atoms with Crippen molar-refractivity contribution >= 4 is 5.91 Å². The number of carbonyl (C=O) groups is 1. The van der Waals surface area contributed by atoms with Gasteiger partial charge in [0.15, 0.2) is 0 Å². The first-order chi connectivity index (χ1) is 15.6. The lowest BCUT2D eigenvalue weighted by atomic mass is 10.1. The summed E-state index contributed by atoms with van der Waals surface area (Å²) in [6.07, 6.45) is 3.08. The van der Waals surface area contributed by atoms with Gasteiger partial charge in [0.05, 0.1) is 24.6 Å². The van der Waals surface area contributed by atoms with Gasteiger partial charge < -0.3 is 19.5 Å². The van der Waals surface area contributed by atoms with Gasteiger partial charge >= 0.3 is 0 Å². The van der Waals surface area contributed by atoms with Crippen molar-refractivity contribution in [1.29, 1.82) is 0 Å². The second kappa shape index (κ2) is 10.3. The number of nitrogens with one attached hydrogen (secondary N) is 1. The van der Waals surface area contributed by atoms with Gasteiger partial charge in [-0.3, -0.25) is 4.79 Å². The van der Waals surface area contributed by atoms with Crippen LogP contribution in [0, 0.1) is 6.92 Å². The average Bonchev–Trinajstić information content (AvgIpc) is 3.45. The van der Waals surface area contributed by atoms with E-state index in [2.05, 4.69) is 5.32 Å². The third-order valence-electron chi connectivity index (χ3n) is 5.56. The Bertz CT molecular complexity index is 1030. The number of ether oxygens (including phenoxy) is 3. The van der Waals surface area contributed by atoms with E-state index in [0.717, 1.165) is 42.1 Å². The zero-order valence-corrected chi connectivity index (χ0v) is 18.5. The van der Waals surface area contributed by atoms with Crippen LogP contribution in [0.15, 0.2) is 54.6 Å². The minimum absolute atomic E-state index is 0.00255. The first-order valence-corrected chi connectivity index (χ1v) is 11.0. The topological polar surface area (TPSA) is 74.6 Å². The molecule has 168 valence electrons. The summed E-state index contributed by atoms with van der Waals surface area (Å²) >= 11 is 0. The van der Waals surface area contributed by atoms with E-state index >= 15 is 0 Å². The van der Waals surface area contributed by atoms with Gasteiger partial charge in [-0.05, 0) is 62.6 Å². The van der Waals surface area contributed by atoms with Crippen LogP contribution in [-0.4, -0.2) is 42.1 Å². The van der Waals surface area contributed by atoms with Crippen molar-refractivity contribution in [3.05, 3.63) is 65.9 Å². The Hall–Kier alpha value is -3.32. The minimum atomic E-state index is 0.00255. The zero-order chi connectivity index (χ0) is 22.3. The molecule has 1 aliphatic rings. The summed E-state index contributed by atoms with van der Waals surface area (Å²) in [6, 6.07) is 17.2. The summed E-state index contributed by atoms with van der Waals surface area (Å²) in [4.78, 5) is 12.5. The highest BCUT2D eigenvalue weighted by Gasteiger charge is 2.21. The quantitative estimate of drug-likeness (QED) is 0.545. The average molecular weight is 436 g/mol. The molecular weight excluding hydrogens is 406 g/mol. The number of carbonyl (C=O) groups excluding carboxylic acids is 1. The summed E-state index contributed by atoms with van der Waals surface area (Å²) in [7, 11) is 1.64. The van der Waals surface area contributed by atoms with Gasteiger partial charge in [-0.25, -0.2) is 4.68 Å². The van der Waals surface area contributed by atoms with Gasteiger partial charge in [0.25, 0.3) is 0 Å². The maximum absolute atomic E-state index is 12.5. The summed E-state index contributed by atoms with van der Waals surface area (Å²) in [5.41, 5.74) is 2.60. The fourth-order valence-electron chi connectivity index (χ4n) is 3.79. The second-order valence-corrected chi connectivity index (χ2v) is 7.83. The van der Waals surface area contributed by atoms with Crippen LogP contribution in [0.1, 0.15) is 30.5 Å². The molecule has 0 aliphatic carbocycles. The number of amides is 1. The number of benzene rings is 2. The van der Waals surface area contributed by atoms with E-state index in [1.54, 1.807) is 11.8 Å². The molecule has 1 saturated heterocycles. The van der Waals surface area contributed by atoms with Crippen LogP contribution in [0.25, 0.3) is 5.69 Å². The first kappa shape index (κ1) is 21.9. The molecule has 1 fully saturated rings. The standard InChI is InChI=1S/C25H29N3O4/c1-18-23(14-15-24(29)26-17-22-9-6-16-31-22)25(32-21-7-4-3-5-8-21)28(27-18)19-10-12-20(30-2)13-11-19/h3-5,7-8,10-13,22H,6,9,14-17H2,1-2H3,(H,26,29)/t22-/m1/s1. The molecule has 3 aromatic rings. The molecular formula is C25H29N3O4. The highest BCUT2D eigenvalue weighted by Crippen LogP contribution is 2.32. The van der Waals surface area contributed by atoms with E-state index in [4.69, 9.17) is 19.3 Å². The van der Waals surface area contributed by atoms with Gasteiger partial charge in [-0.15, -0.1) is 0 Å². The Labute approximate surface area is 188 Å². The molecule has 0 unspecified atom stereocenters. The number of methoxy groups -OCH3 is 1. The van der Waals surface area contributed by atoms with E-state index in [0.29, 0.717) is 31.0 Å². The zero-order valence-electron chi connectivity index (χ0n) is 18.5. The lowest BCUT2D eigenvalue weighted by Crippen LogP contribution is -2.31. The molecule has 0 bridgehead atoms. The summed E-state index contributed by atoms with van der Waals surface area (Å²) in [5.74, 6) is 2.10. The molecule has 1 aliphatic heterocycles. The number of hydrogen-bond acceptors (Lipinski definition) is 5. The molecule has 2 heterocycles. The van der Waals surface area contributed by atoms with Gasteiger partial charge in [0, 0.05) is 25.1 Å². The number of nitrogens with zero attached hydrogens (tertiary/aromatic N) is 2. The Balaban J connectivity index is 1.54. The van der Waals surface area contributed by atoms with Crippen molar-refractivity contribution in [3.8, 4) is 23.1 Å². The molecule has 1 aromatic heterocycles. The van der Waals surface area contributed by atoms with Crippen LogP contribution < -0.4 is 14.8 Å². The first-order valence-electron chi connectivity index (χ1n) is 11.0. The normalized spacial score (nSPS) is 15.5. The molecule has 0 saturated carbocycles. The third kappa shape index (κ3) is 5.29. The van der Waals surface area contributed by atoms with E-state index in [-0.39, 0.29) is 12.0 Å². The van der Waals surface area contributed by atoms with Crippen molar-refractivity contribution in [2.24, 2.45) is 0 Å². The van der Waals surface area contributed by atoms with E-state index in [1.165, 1.54) is 0 Å². The molecule has 1 atom stereocenters. The summed E-state index contributed by atoms with van der Waals surface area (Å²) < 4.78 is 18.9. The van der Waals surface area contributed by atoms with Gasteiger partial charge in [0.1, 0.15) is 11.5 Å².